The molecule has 0 fully saturated rings. The minimum atomic E-state index is -1.06. The van der Waals surface area contributed by atoms with E-state index in [-0.39, 0.29) is 22.7 Å². The molecule has 2 aliphatic rings. The number of aromatic carboxylic acids is 1. The Labute approximate surface area is 194 Å². The lowest BCUT2D eigenvalue weighted by Gasteiger charge is -2.13. The summed E-state index contributed by atoms with van der Waals surface area (Å²) in [6.07, 6.45) is 0.779. The normalized spacial score (nSPS) is 15.8. The fourth-order valence-corrected chi connectivity index (χ4v) is 3.91. The van der Waals surface area contributed by atoms with E-state index >= 15 is 0 Å². The van der Waals surface area contributed by atoms with E-state index in [9.17, 15) is 19.8 Å². The van der Waals surface area contributed by atoms with Gasteiger partial charge in [-0.15, -0.1) is 0 Å². The van der Waals surface area contributed by atoms with Crippen LogP contribution in [-0.2, 0) is 11.2 Å². The molecule has 34 heavy (non-hydrogen) atoms. The Bertz CT molecular complexity index is 1400. The molecule has 3 aromatic carbocycles. The van der Waals surface area contributed by atoms with Gasteiger partial charge in [0.05, 0.1) is 29.3 Å². The number of phenols is 1. The van der Waals surface area contributed by atoms with Crippen molar-refractivity contribution < 1.29 is 24.5 Å². The zero-order valence-electron chi connectivity index (χ0n) is 18.1. The number of hydrazone groups is 2. The van der Waals surface area contributed by atoms with Crippen LogP contribution < -0.4 is 15.2 Å². The number of benzene rings is 3. The molecule has 3 N–H and O–H groups in total. The molecule has 0 saturated carbocycles. The number of nitrogens with one attached hydrogen (secondary N) is 1. The van der Waals surface area contributed by atoms with Crippen LogP contribution in [0.25, 0.3) is 11.1 Å². The Morgan fingerprint density at radius 1 is 1.15 bits per heavy atom. The molecule has 2 aliphatic heterocycles. The number of rotatable bonds is 5. The standard InChI is InChI=1S/C25H20N4O5/c1-14-22(24(31)29(28-14)18-8-9-21-16(13-18)10-11-34-21)27-26-20-7-3-6-19(23(20)30)15-4-2-5-17(12-15)25(32)33/h2-9,12-13,26,30H,10-11H2,1H3,(H,32,33)/b27-22-. The van der Waals surface area contributed by atoms with Gasteiger partial charge in [-0.25, -0.2) is 4.79 Å². The maximum atomic E-state index is 13.0. The summed E-state index contributed by atoms with van der Waals surface area (Å²) in [5, 5.41) is 29.9. The molecular weight excluding hydrogens is 436 g/mol. The van der Waals surface area contributed by atoms with E-state index in [1.165, 1.54) is 17.1 Å². The largest absolute Gasteiger partial charge is 0.505 e. The van der Waals surface area contributed by atoms with E-state index in [0.717, 1.165) is 17.7 Å². The van der Waals surface area contributed by atoms with E-state index in [0.29, 0.717) is 29.1 Å². The van der Waals surface area contributed by atoms with Crippen LogP contribution in [0, 0.1) is 0 Å². The quantitative estimate of drug-likeness (QED) is 0.395. The number of carbonyl (C=O) groups excluding carboxylic acids is 1. The third-order valence-electron chi connectivity index (χ3n) is 5.65. The van der Waals surface area contributed by atoms with E-state index < -0.39 is 11.9 Å². The molecule has 0 saturated heterocycles. The van der Waals surface area contributed by atoms with Crippen LogP contribution in [0.1, 0.15) is 22.8 Å². The number of carbonyl (C=O) groups is 2. The Hall–Kier alpha value is -4.66. The number of anilines is 2. The molecule has 3 aromatic rings. The van der Waals surface area contributed by atoms with Crippen LogP contribution in [-0.4, -0.2) is 40.1 Å². The van der Waals surface area contributed by atoms with E-state index in [4.69, 9.17) is 4.74 Å². The molecule has 0 unspecified atom stereocenters. The summed E-state index contributed by atoms with van der Waals surface area (Å²) in [6, 6.07) is 16.7. The Kier molecular flexibility index (Phi) is 5.21. The lowest BCUT2D eigenvalue weighted by molar-refractivity contribution is -0.112. The second-order valence-electron chi connectivity index (χ2n) is 7.85. The molecule has 2 heterocycles. The summed E-state index contributed by atoms with van der Waals surface area (Å²) < 4.78 is 5.52. The smallest absolute Gasteiger partial charge is 0.335 e. The van der Waals surface area contributed by atoms with Crippen LogP contribution in [0.5, 0.6) is 11.5 Å². The third-order valence-corrected chi connectivity index (χ3v) is 5.65. The Morgan fingerprint density at radius 2 is 1.97 bits per heavy atom. The van der Waals surface area contributed by atoms with Crippen molar-refractivity contribution in [2.75, 3.05) is 17.0 Å². The maximum absolute atomic E-state index is 13.0. The van der Waals surface area contributed by atoms with E-state index in [2.05, 4.69) is 15.6 Å². The lowest BCUT2D eigenvalue weighted by Crippen LogP contribution is -2.28. The molecule has 0 radical (unpaired) electrons. The first-order chi connectivity index (χ1) is 16.4. The fraction of sp³-hybridized carbons (Fsp3) is 0.120. The first-order valence-electron chi connectivity index (χ1n) is 10.6. The van der Waals surface area contributed by atoms with Gasteiger partial charge in [0.25, 0.3) is 0 Å². The zero-order valence-corrected chi connectivity index (χ0v) is 18.1. The minimum absolute atomic E-state index is 0.108. The number of aromatic hydroxyl groups is 1. The number of carboxylic acids is 1. The summed E-state index contributed by atoms with van der Waals surface area (Å²) in [5.74, 6) is -0.758. The van der Waals surface area contributed by atoms with Crippen LogP contribution in [0.4, 0.5) is 11.4 Å². The van der Waals surface area contributed by atoms with Crippen molar-refractivity contribution in [1.29, 1.82) is 0 Å². The Morgan fingerprint density at radius 3 is 2.79 bits per heavy atom. The number of amides is 1. The first-order valence-corrected chi connectivity index (χ1v) is 10.6. The van der Waals surface area contributed by atoms with Crippen molar-refractivity contribution in [3.63, 3.8) is 0 Å². The predicted molar refractivity (Wildman–Crippen MR) is 128 cm³/mol. The molecule has 9 nitrogen and oxygen atoms in total. The lowest BCUT2D eigenvalue weighted by atomic mass is 10.0. The highest BCUT2D eigenvalue weighted by Crippen LogP contribution is 2.36. The SMILES string of the molecule is CC1=NN(c2ccc3c(c2)CCO3)C(=O)/C1=N\Nc1cccc(-c2cccc(C(=O)O)c2)c1O. The summed E-state index contributed by atoms with van der Waals surface area (Å²) in [6.45, 7) is 2.30. The van der Waals surface area contributed by atoms with Gasteiger partial charge in [0.1, 0.15) is 11.5 Å². The van der Waals surface area contributed by atoms with Gasteiger partial charge in [-0.3, -0.25) is 10.2 Å². The summed E-state index contributed by atoms with van der Waals surface area (Å²) >= 11 is 0. The van der Waals surface area contributed by atoms with Crippen molar-refractivity contribution in [2.45, 2.75) is 13.3 Å². The average molecular weight is 456 g/mol. The van der Waals surface area contributed by atoms with Crippen molar-refractivity contribution in [2.24, 2.45) is 10.2 Å². The Balaban J connectivity index is 1.40. The van der Waals surface area contributed by atoms with Gasteiger partial charge in [0.15, 0.2) is 5.71 Å². The van der Waals surface area contributed by atoms with Crippen LogP contribution >= 0.6 is 0 Å². The molecule has 0 aliphatic carbocycles. The summed E-state index contributed by atoms with van der Waals surface area (Å²) in [4.78, 5) is 24.3. The zero-order chi connectivity index (χ0) is 23.8. The van der Waals surface area contributed by atoms with Crippen molar-refractivity contribution in [3.8, 4) is 22.6 Å². The topological polar surface area (TPSA) is 124 Å². The highest BCUT2D eigenvalue weighted by atomic mass is 16.5. The van der Waals surface area contributed by atoms with Gasteiger partial charge >= 0.3 is 11.9 Å². The van der Waals surface area contributed by atoms with Gasteiger partial charge in [-0.2, -0.15) is 15.2 Å². The number of hydrogen-bond donors (Lipinski definition) is 3. The third kappa shape index (κ3) is 3.73. The monoisotopic (exact) mass is 456 g/mol. The number of carboxylic acid groups (broad SMARTS) is 1. The molecule has 0 bridgehead atoms. The van der Waals surface area contributed by atoms with Crippen molar-refractivity contribution in [3.05, 3.63) is 71.8 Å². The number of fused-ring (bicyclic) bond motifs is 1. The van der Waals surface area contributed by atoms with Crippen molar-refractivity contribution in [1.82, 2.24) is 0 Å². The number of para-hydroxylation sites is 1. The average Bonchev–Trinajstić information content (AvgIpc) is 3.42. The van der Waals surface area contributed by atoms with Crippen LogP contribution in [0.3, 0.4) is 0 Å². The predicted octanol–water partition coefficient (Wildman–Crippen LogP) is 3.88. The van der Waals surface area contributed by atoms with Gasteiger partial charge in [0, 0.05) is 12.0 Å². The minimum Gasteiger partial charge on any atom is -0.505 e. The second-order valence-corrected chi connectivity index (χ2v) is 7.85. The highest BCUT2D eigenvalue weighted by molar-refractivity contribution is 6.71. The molecule has 170 valence electrons. The maximum Gasteiger partial charge on any atom is 0.335 e. The van der Waals surface area contributed by atoms with Gasteiger partial charge in [0.2, 0.25) is 0 Å². The van der Waals surface area contributed by atoms with Gasteiger partial charge < -0.3 is 14.9 Å². The molecule has 0 aromatic heterocycles. The summed E-state index contributed by atoms with van der Waals surface area (Å²) in [5.41, 5.74) is 6.29. The highest BCUT2D eigenvalue weighted by Gasteiger charge is 2.31. The van der Waals surface area contributed by atoms with E-state index in [1.807, 2.05) is 12.1 Å². The first kappa shape index (κ1) is 21.2. The second kappa shape index (κ2) is 8.36. The van der Waals surface area contributed by atoms with Crippen molar-refractivity contribution >= 4 is 34.7 Å². The fourth-order valence-electron chi connectivity index (χ4n) is 3.91. The van der Waals surface area contributed by atoms with Gasteiger partial charge in [-0.1, -0.05) is 24.3 Å². The number of phenolic OH excluding ortho intramolecular Hbond substituents is 1. The molecule has 5 rings (SSSR count). The molecule has 1 amide bonds. The summed E-state index contributed by atoms with van der Waals surface area (Å²) in [7, 11) is 0. The molecule has 0 atom stereocenters. The molecule has 0 spiro atoms. The van der Waals surface area contributed by atoms with Gasteiger partial charge in [-0.05, 0) is 54.4 Å². The molecular formula is C25H20N4O5. The number of ether oxygens (including phenoxy) is 1. The molecule has 9 heteroatoms. The van der Waals surface area contributed by atoms with E-state index in [1.54, 1.807) is 43.3 Å². The van der Waals surface area contributed by atoms with Crippen LogP contribution in [0.2, 0.25) is 0 Å². The van der Waals surface area contributed by atoms with Crippen LogP contribution in [0.15, 0.2) is 70.9 Å². The number of hydrogen-bond acceptors (Lipinski definition) is 7. The number of nitrogens with zero attached hydrogens (tertiary/aromatic N) is 3.